The zero-order valence-corrected chi connectivity index (χ0v) is 10.7. The van der Waals surface area contributed by atoms with Gasteiger partial charge in [0.25, 0.3) is 0 Å². The maximum atomic E-state index is 10.8. The van der Waals surface area contributed by atoms with Crippen molar-refractivity contribution in [2.45, 2.75) is 51.4 Å². The van der Waals surface area contributed by atoms with Gasteiger partial charge in [-0.1, -0.05) is 37.6 Å². The molecule has 0 N–H and O–H groups in total. The molecule has 0 heterocycles. The van der Waals surface area contributed by atoms with Crippen molar-refractivity contribution in [3.8, 4) is 0 Å². The number of rotatable bonds is 5. The highest BCUT2D eigenvalue weighted by Gasteiger charge is 2.25. The first-order chi connectivity index (χ1) is 8.33. The highest BCUT2D eigenvalue weighted by molar-refractivity contribution is 5.54. The standard InChI is InChI=1S/C16H22O/c1-2-3-4-13-5-8-15(9-6-13)16-10-7-14(11-16)12-17/h5-6,8-9,12,14,16H,2-4,7,10-11H2,1H3. The van der Waals surface area contributed by atoms with Crippen LogP contribution < -0.4 is 0 Å². The van der Waals surface area contributed by atoms with E-state index in [1.807, 2.05) is 0 Å². The minimum Gasteiger partial charge on any atom is -0.303 e. The summed E-state index contributed by atoms with van der Waals surface area (Å²) in [5.74, 6) is 0.921. The average Bonchev–Trinajstić information content (AvgIpc) is 2.86. The fourth-order valence-corrected chi connectivity index (χ4v) is 2.78. The van der Waals surface area contributed by atoms with E-state index in [1.165, 1.54) is 36.8 Å². The van der Waals surface area contributed by atoms with Crippen molar-refractivity contribution in [1.29, 1.82) is 0 Å². The van der Waals surface area contributed by atoms with Crippen LogP contribution in [0.1, 0.15) is 56.1 Å². The Hall–Kier alpha value is -1.11. The molecule has 92 valence electrons. The maximum Gasteiger partial charge on any atom is 0.123 e. The van der Waals surface area contributed by atoms with Gasteiger partial charge in [-0.3, -0.25) is 0 Å². The normalized spacial score (nSPS) is 23.8. The fraction of sp³-hybridized carbons (Fsp3) is 0.562. The van der Waals surface area contributed by atoms with E-state index in [2.05, 4.69) is 31.2 Å². The van der Waals surface area contributed by atoms with Gasteiger partial charge in [0, 0.05) is 5.92 Å². The first-order valence-corrected chi connectivity index (χ1v) is 6.87. The third-order valence-corrected chi connectivity index (χ3v) is 3.94. The molecule has 2 unspecified atom stereocenters. The number of aldehydes is 1. The smallest absolute Gasteiger partial charge is 0.123 e. The number of aryl methyl sites for hydroxylation is 1. The maximum absolute atomic E-state index is 10.8. The molecule has 2 rings (SSSR count). The predicted octanol–water partition coefficient (Wildman–Crippen LogP) is 4.11. The fourth-order valence-electron chi connectivity index (χ4n) is 2.78. The van der Waals surface area contributed by atoms with Crippen LogP contribution in [-0.2, 0) is 11.2 Å². The Morgan fingerprint density at radius 1 is 1.24 bits per heavy atom. The van der Waals surface area contributed by atoms with Crippen molar-refractivity contribution in [2.24, 2.45) is 5.92 Å². The van der Waals surface area contributed by atoms with Gasteiger partial charge in [0.15, 0.2) is 0 Å². The quantitative estimate of drug-likeness (QED) is 0.696. The molecule has 1 aromatic rings. The van der Waals surface area contributed by atoms with Gasteiger partial charge < -0.3 is 4.79 Å². The topological polar surface area (TPSA) is 17.1 Å². The van der Waals surface area contributed by atoms with Gasteiger partial charge in [0.2, 0.25) is 0 Å². The zero-order valence-electron chi connectivity index (χ0n) is 10.7. The molecule has 0 spiro atoms. The summed E-state index contributed by atoms with van der Waals surface area (Å²) >= 11 is 0. The molecule has 0 saturated heterocycles. The summed E-state index contributed by atoms with van der Waals surface area (Å²) in [5, 5.41) is 0. The number of unbranched alkanes of at least 4 members (excludes halogenated alkanes) is 1. The van der Waals surface area contributed by atoms with Crippen LogP contribution in [0, 0.1) is 5.92 Å². The first-order valence-electron chi connectivity index (χ1n) is 6.87. The lowest BCUT2D eigenvalue weighted by Crippen LogP contribution is -1.97. The highest BCUT2D eigenvalue weighted by Crippen LogP contribution is 2.37. The Morgan fingerprint density at radius 3 is 2.59 bits per heavy atom. The van der Waals surface area contributed by atoms with Gasteiger partial charge in [-0.25, -0.2) is 0 Å². The molecular weight excluding hydrogens is 208 g/mol. The summed E-state index contributed by atoms with van der Waals surface area (Å²) in [5.41, 5.74) is 2.87. The third kappa shape index (κ3) is 3.18. The Balaban J connectivity index is 1.96. The van der Waals surface area contributed by atoms with Gasteiger partial charge in [-0.2, -0.15) is 0 Å². The molecule has 0 bridgehead atoms. The molecule has 1 aliphatic rings. The van der Waals surface area contributed by atoms with E-state index in [1.54, 1.807) is 0 Å². The van der Waals surface area contributed by atoms with Gasteiger partial charge in [0.05, 0.1) is 0 Å². The molecule has 1 nitrogen and oxygen atoms in total. The van der Waals surface area contributed by atoms with Crippen molar-refractivity contribution >= 4 is 6.29 Å². The second-order valence-corrected chi connectivity index (χ2v) is 5.25. The monoisotopic (exact) mass is 230 g/mol. The Kier molecular flexibility index (Phi) is 4.36. The lowest BCUT2D eigenvalue weighted by molar-refractivity contribution is -0.110. The highest BCUT2D eigenvalue weighted by atomic mass is 16.1. The van der Waals surface area contributed by atoms with Crippen LogP contribution in [0.25, 0.3) is 0 Å². The molecule has 0 amide bonds. The van der Waals surface area contributed by atoms with Gasteiger partial charge in [-0.05, 0) is 49.1 Å². The van der Waals surface area contributed by atoms with Crippen molar-refractivity contribution in [3.63, 3.8) is 0 Å². The van der Waals surface area contributed by atoms with Gasteiger partial charge >= 0.3 is 0 Å². The molecule has 1 saturated carbocycles. The van der Waals surface area contributed by atoms with E-state index in [0.717, 1.165) is 19.1 Å². The molecule has 1 aliphatic carbocycles. The number of carbonyl (C=O) groups excluding carboxylic acids is 1. The van der Waals surface area contributed by atoms with Crippen LogP contribution in [0.5, 0.6) is 0 Å². The molecule has 2 atom stereocenters. The van der Waals surface area contributed by atoms with Gasteiger partial charge in [0.1, 0.15) is 6.29 Å². The molecule has 1 heteroatoms. The van der Waals surface area contributed by atoms with Crippen molar-refractivity contribution in [3.05, 3.63) is 35.4 Å². The van der Waals surface area contributed by atoms with Crippen LogP contribution in [0.3, 0.4) is 0 Å². The lowest BCUT2D eigenvalue weighted by Gasteiger charge is -2.10. The Bertz CT molecular complexity index is 352. The Labute approximate surface area is 104 Å². The number of carbonyl (C=O) groups is 1. The van der Waals surface area contributed by atoms with Crippen LogP contribution in [-0.4, -0.2) is 6.29 Å². The van der Waals surface area contributed by atoms with Crippen LogP contribution in [0.2, 0.25) is 0 Å². The number of hydrogen-bond donors (Lipinski definition) is 0. The second kappa shape index (κ2) is 6.00. The molecule has 0 radical (unpaired) electrons. The van der Waals surface area contributed by atoms with E-state index in [0.29, 0.717) is 11.8 Å². The van der Waals surface area contributed by atoms with Crippen LogP contribution in [0.4, 0.5) is 0 Å². The molecule has 1 aromatic carbocycles. The van der Waals surface area contributed by atoms with E-state index < -0.39 is 0 Å². The third-order valence-electron chi connectivity index (χ3n) is 3.94. The Morgan fingerprint density at radius 2 is 2.00 bits per heavy atom. The minimum atomic E-state index is 0.305. The van der Waals surface area contributed by atoms with Crippen molar-refractivity contribution < 1.29 is 4.79 Å². The van der Waals surface area contributed by atoms with E-state index >= 15 is 0 Å². The number of hydrogen-bond acceptors (Lipinski definition) is 1. The zero-order chi connectivity index (χ0) is 12.1. The van der Waals surface area contributed by atoms with E-state index in [-0.39, 0.29) is 0 Å². The van der Waals surface area contributed by atoms with Crippen LogP contribution >= 0.6 is 0 Å². The van der Waals surface area contributed by atoms with Crippen molar-refractivity contribution in [1.82, 2.24) is 0 Å². The summed E-state index contributed by atoms with van der Waals surface area (Å²) in [6.45, 7) is 2.23. The number of benzene rings is 1. The minimum absolute atomic E-state index is 0.305. The summed E-state index contributed by atoms with van der Waals surface area (Å²) in [6, 6.07) is 9.06. The van der Waals surface area contributed by atoms with Gasteiger partial charge in [-0.15, -0.1) is 0 Å². The first kappa shape index (κ1) is 12.3. The van der Waals surface area contributed by atoms with Crippen LogP contribution in [0.15, 0.2) is 24.3 Å². The molecule has 1 fully saturated rings. The average molecular weight is 230 g/mol. The molecular formula is C16H22O. The molecule has 0 aromatic heterocycles. The van der Waals surface area contributed by atoms with E-state index in [9.17, 15) is 4.79 Å². The predicted molar refractivity (Wildman–Crippen MR) is 71.2 cm³/mol. The lowest BCUT2D eigenvalue weighted by atomic mass is 9.95. The SMILES string of the molecule is CCCCc1ccc(C2CCC(C=O)C2)cc1. The second-order valence-electron chi connectivity index (χ2n) is 5.25. The largest absolute Gasteiger partial charge is 0.303 e. The summed E-state index contributed by atoms with van der Waals surface area (Å²) < 4.78 is 0. The summed E-state index contributed by atoms with van der Waals surface area (Å²) in [6.07, 6.45) is 8.16. The molecule has 0 aliphatic heterocycles. The summed E-state index contributed by atoms with van der Waals surface area (Å²) in [7, 11) is 0. The molecule has 17 heavy (non-hydrogen) atoms. The summed E-state index contributed by atoms with van der Waals surface area (Å²) in [4.78, 5) is 10.8. The van der Waals surface area contributed by atoms with E-state index in [4.69, 9.17) is 0 Å². The van der Waals surface area contributed by atoms with Crippen molar-refractivity contribution in [2.75, 3.05) is 0 Å².